The molecule has 0 saturated carbocycles. The Balaban J connectivity index is 1.95. The number of sulfonamides is 1. The van der Waals surface area contributed by atoms with E-state index in [1.807, 2.05) is 47.8 Å². The molecule has 0 radical (unpaired) electrons. The van der Waals surface area contributed by atoms with Crippen LogP contribution in [0, 0.1) is 11.3 Å². The largest absolute Gasteiger partial charge is 0.241 e. The van der Waals surface area contributed by atoms with E-state index in [1.165, 1.54) is 41.2 Å². The summed E-state index contributed by atoms with van der Waals surface area (Å²) in [4.78, 5) is 1.06. The summed E-state index contributed by atoms with van der Waals surface area (Å²) in [6, 6.07) is 19.2. The fraction of sp³-hybridized carbons (Fsp3) is 0.150. The van der Waals surface area contributed by atoms with Crippen molar-refractivity contribution in [2.45, 2.75) is 24.3 Å². The van der Waals surface area contributed by atoms with Crippen LogP contribution >= 0.6 is 11.3 Å². The quantitative estimate of drug-likeness (QED) is 0.693. The van der Waals surface area contributed by atoms with Gasteiger partial charge in [0.15, 0.2) is 0 Å². The first-order chi connectivity index (χ1) is 12.5. The molecule has 0 aliphatic heterocycles. The Morgan fingerprint density at radius 3 is 2.31 bits per heavy atom. The zero-order valence-electron chi connectivity index (χ0n) is 14.2. The van der Waals surface area contributed by atoms with E-state index in [4.69, 9.17) is 5.26 Å². The van der Waals surface area contributed by atoms with Crippen LogP contribution in [0.5, 0.6) is 0 Å². The lowest BCUT2D eigenvalue weighted by Crippen LogP contribution is -2.29. The standard InChI is InChI=1S/C20H18N2O2S2/c1-2-15-5-9-17(10-6-15)20(19-4-3-13-25-19)22-26(23,24)18-11-7-16(14-21)8-12-18/h3-13,20,22H,2H2,1H3. The summed E-state index contributed by atoms with van der Waals surface area (Å²) < 4.78 is 28.5. The molecule has 0 amide bonds. The number of benzene rings is 2. The van der Waals surface area contributed by atoms with Gasteiger partial charge in [-0.3, -0.25) is 0 Å². The minimum atomic E-state index is -3.73. The lowest BCUT2D eigenvalue weighted by atomic mass is 10.0. The number of nitrogens with zero attached hydrogens (tertiary/aromatic N) is 1. The maximum Gasteiger partial charge on any atom is 0.241 e. The monoisotopic (exact) mass is 382 g/mol. The summed E-state index contributed by atoms with van der Waals surface area (Å²) in [7, 11) is -3.73. The molecule has 1 heterocycles. The Labute approximate surface area is 157 Å². The normalized spacial score (nSPS) is 12.5. The highest BCUT2D eigenvalue weighted by molar-refractivity contribution is 7.89. The lowest BCUT2D eigenvalue weighted by Gasteiger charge is -2.18. The van der Waals surface area contributed by atoms with Gasteiger partial charge in [-0.15, -0.1) is 11.3 Å². The maximum atomic E-state index is 12.8. The van der Waals surface area contributed by atoms with Crippen molar-refractivity contribution < 1.29 is 8.42 Å². The van der Waals surface area contributed by atoms with Gasteiger partial charge in [0, 0.05) is 4.88 Å². The number of rotatable bonds is 6. The van der Waals surface area contributed by atoms with Crippen LogP contribution in [0.25, 0.3) is 0 Å². The molecule has 1 unspecified atom stereocenters. The second kappa shape index (κ2) is 7.83. The Morgan fingerprint density at radius 2 is 1.77 bits per heavy atom. The van der Waals surface area contributed by atoms with Crippen molar-refractivity contribution in [2.75, 3.05) is 0 Å². The molecular weight excluding hydrogens is 364 g/mol. The van der Waals surface area contributed by atoms with Gasteiger partial charge in [0.25, 0.3) is 0 Å². The van der Waals surface area contributed by atoms with Crippen LogP contribution in [0.3, 0.4) is 0 Å². The first-order valence-corrected chi connectivity index (χ1v) is 10.5. The molecule has 0 aliphatic carbocycles. The number of thiophene rings is 1. The highest BCUT2D eigenvalue weighted by atomic mass is 32.2. The van der Waals surface area contributed by atoms with Gasteiger partial charge in [-0.1, -0.05) is 37.3 Å². The van der Waals surface area contributed by atoms with Gasteiger partial charge in [-0.25, -0.2) is 8.42 Å². The molecule has 0 spiro atoms. The van der Waals surface area contributed by atoms with Gasteiger partial charge in [-0.05, 0) is 53.3 Å². The van der Waals surface area contributed by atoms with E-state index in [9.17, 15) is 8.42 Å². The predicted molar refractivity (Wildman–Crippen MR) is 103 cm³/mol. The number of hydrogen-bond acceptors (Lipinski definition) is 4. The molecule has 26 heavy (non-hydrogen) atoms. The number of nitrogens with one attached hydrogen (secondary N) is 1. The summed E-state index contributed by atoms with van der Waals surface area (Å²) >= 11 is 1.51. The molecule has 1 atom stereocenters. The van der Waals surface area contributed by atoms with Gasteiger partial charge in [0.2, 0.25) is 10.0 Å². The molecule has 4 nitrogen and oxygen atoms in total. The molecule has 132 valence electrons. The molecule has 0 fully saturated rings. The minimum absolute atomic E-state index is 0.142. The zero-order chi connectivity index (χ0) is 18.6. The van der Waals surface area contributed by atoms with Crippen molar-refractivity contribution in [3.05, 3.63) is 87.6 Å². The van der Waals surface area contributed by atoms with Gasteiger partial charge >= 0.3 is 0 Å². The first kappa shape index (κ1) is 18.3. The number of nitriles is 1. The molecular formula is C20H18N2O2S2. The third kappa shape index (κ3) is 4.02. The lowest BCUT2D eigenvalue weighted by molar-refractivity contribution is 0.573. The maximum absolute atomic E-state index is 12.8. The smallest absolute Gasteiger partial charge is 0.207 e. The molecule has 0 aliphatic rings. The third-order valence-corrected chi connectivity index (χ3v) is 6.49. The van der Waals surface area contributed by atoms with Crippen LogP contribution in [0.15, 0.2) is 70.9 Å². The van der Waals surface area contributed by atoms with Gasteiger partial charge in [0.1, 0.15) is 0 Å². The zero-order valence-corrected chi connectivity index (χ0v) is 15.8. The van der Waals surface area contributed by atoms with Crippen LogP contribution in [0.1, 0.15) is 34.5 Å². The van der Waals surface area contributed by atoms with E-state index < -0.39 is 16.1 Å². The van der Waals surface area contributed by atoms with E-state index in [-0.39, 0.29) is 4.90 Å². The topological polar surface area (TPSA) is 70.0 Å². The van der Waals surface area contributed by atoms with E-state index in [0.29, 0.717) is 5.56 Å². The summed E-state index contributed by atoms with van der Waals surface area (Å²) in [5.74, 6) is 0. The average molecular weight is 383 g/mol. The van der Waals surface area contributed by atoms with Crippen molar-refractivity contribution >= 4 is 21.4 Å². The molecule has 3 rings (SSSR count). The van der Waals surface area contributed by atoms with Gasteiger partial charge in [-0.2, -0.15) is 9.98 Å². The highest BCUT2D eigenvalue weighted by Gasteiger charge is 2.23. The summed E-state index contributed by atoms with van der Waals surface area (Å²) in [6.07, 6.45) is 0.931. The first-order valence-electron chi connectivity index (χ1n) is 8.18. The van der Waals surface area contributed by atoms with E-state index in [1.54, 1.807) is 0 Å². The SMILES string of the molecule is CCc1ccc(C(NS(=O)(=O)c2ccc(C#N)cc2)c2cccs2)cc1. The van der Waals surface area contributed by atoms with Crippen molar-refractivity contribution in [1.29, 1.82) is 5.26 Å². The second-order valence-corrected chi connectivity index (χ2v) is 8.49. The Morgan fingerprint density at radius 1 is 1.08 bits per heavy atom. The Bertz CT molecular complexity index is 1000. The molecule has 1 aromatic heterocycles. The van der Waals surface area contributed by atoms with Crippen LogP contribution < -0.4 is 4.72 Å². The summed E-state index contributed by atoms with van der Waals surface area (Å²) in [5, 5.41) is 10.8. The molecule has 2 aromatic carbocycles. The van der Waals surface area contributed by atoms with Crippen LogP contribution in [-0.2, 0) is 16.4 Å². The fourth-order valence-electron chi connectivity index (χ4n) is 2.62. The van der Waals surface area contributed by atoms with Crippen molar-refractivity contribution in [2.24, 2.45) is 0 Å². The van der Waals surface area contributed by atoms with Crippen LogP contribution in [0.2, 0.25) is 0 Å². The predicted octanol–water partition coefficient (Wildman–Crippen LogP) is 4.25. The van der Waals surface area contributed by atoms with E-state index in [2.05, 4.69) is 11.6 Å². The molecule has 1 N–H and O–H groups in total. The highest BCUT2D eigenvalue weighted by Crippen LogP contribution is 2.28. The number of hydrogen-bond donors (Lipinski definition) is 1. The average Bonchev–Trinajstić information content (AvgIpc) is 3.21. The molecule has 0 bridgehead atoms. The van der Waals surface area contributed by atoms with Gasteiger partial charge in [0.05, 0.1) is 22.6 Å². The molecule has 6 heteroatoms. The fourth-order valence-corrected chi connectivity index (χ4v) is 4.70. The van der Waals surface area contributed by atoms with Crippen LogP contribution in [-0.4, -0.2) is 8.42 Å². The summed E-state index contributed by atoms with van der Waals surface area (Å²) in [5.41, 5.74) is 2.52. The Hall–Kier alpha value is -2.46. The minimum Gasteiger partial charge on any atom is -0.207 e. The van der Waals surface area contributed by atoms with Crippen LogP contribution in [0.4, 0.5) is 0 Å². The van der Waals surface area contributed by atoms with Gasteiger partial charge < -0.3 is 0 Å². The van der Waals surface area contributed by atoms with E-state index in [0.717, 1.165) is 16.9 Å². The third-order valence-electron chi connectivity index (χ3n) is 4.12. The summed E-state index contributed by atoms with van der Waals surface area (Å²) in [6.45, 7) is 2.08. The van der Waals surface area contributed by atoms with E-state index >= 15 is 0 Å². The molecule has 3 aromatic rings. The van der Waals surface area contributed by atoms with Crippen molar-refractivity contribution in [3.63, 3.8) is 0 Å². The second-order valence-electron chi connectivity index (χ2n) is 5.80. The number of aryl methyl sites for hydroxylation is 1. The Kier molecular flexibility index (Phi) is 5.52. The van der Waals surface area contributed by atoms with Crippen molar-refractivity contribution in [3.8, 4) is 6.07 Å². The van der Waals surface area contributed by atoms with Crippen molar-refractivity contribution in [1.82, 2.24) is 4.72 Å². The molecule has 0 saturated heterocycles.